The van der Waals surface area contributed by atoms with Gasteiger partial charge in [-0.15, -0.1) is 0 Å². The van der Waals surface area contributed by atoms with Crippen molar-refractivity contribution in [2.45, 2.75) is 38.0 Å². The topological polar surface area (TPSA) is 45.2 Å². The molecule has 1 aromatic heterocycles. The van der Waals surface area contributed by atoms with Crippen molar-refractivity contribution in [2.24, 2.45) is 0 Å². The minimum absolute atomic E-state index is 0.0935. The second-order valence-electron chi connectivity index (χ2n) is 7.94. The van der Waals surface area contributed by atoms with Crippen molar-refractivity contribution in [2.75, 3.05) is 25.0 Å². The molecule has 1 aliphatic rings. The van der Waals surface area contributed by atoms with Gasteiger partial charge in [0.15, 0.2) is 0 Å². The Balaban J connectivity index is 1.15. The number of carbonyl (C=O) groups is 1. The number of benzene rings is 2. The van der Waals surface area contributed by atoms with Crippen LogP contribution in [0.3, 0.4) is 0 Å². The van der Waals surface area contributed by atoms with Crippen LogP contribution in [0.25, 0.3) is 10.9 Å². The van der Waals surface area contributed by atoms with Crippen LogP contribution in [0, 0.1) is 0 Å². The molecule has 2 heterocycles. The number of nitrogens with zero attached hydrogens (tertiary/aromatic N) is 2. The lowest BCUT2D eigenvalue weighted by Gasteiger charge is -2.32. The first kappa shape index (κ1) is 19.6. The highest BCUT2D eigenvalue weighted by Crippen LogP contribution is 2.27. The van der Waals surface area contributed by atoms with E-state index in [-0.39, 0.29) is 5.91 Å². The minimum atomic E-state index is 0.0935. The summed E-state index contributed by atoms with van der Waals surface area (Å²) >= 11 is 0. The van der Waals surface area contributed by atoms with Crippen LogP contribution in [-0.4, -0.2) is 35.4 Å². The molecule has 4 rings (SSSR count). The van der Waals surface area contributed by atoms with Crippen molar-refractivity contribution in [3.05, 3.63) is 72.4 Å². The van der Waals surface area contributed by atoms with Gasteiger partial charge in [0.2, 0.25) is 5.91 Å². The molecule has 0 radical (unpaired) electrons. The molecule has 4 nitrogen and oxygen atoms in total. The van der Waals surface area contributed by atoms with Gasteiger partial charge in [0.1, 0.15) is 0 Å². The molecule has 1 amide bonds. The number of fused-ring (bicyclic) bond motifs is 1. The molecular formula is C25H29N3O. The van der Waals surface area contributed by atoms with Crippen LogP contribution in [0.4, 0.5) is 5.69 Å². The molecular weight excluding hydrogens is 358 g/mol. The first-order chi connectivity index (χ1) is 14.3. The Morgan fingerprint density at radius 3 is 2.66 bits per heavy atom. The molecule has 0 saturated carbocycles. The molecule has 1 fully saturated rings. The van der Waals surface area contributed by atoms with E-state index in [1.54, 1.807) is 6.20 Å². The van der Waals surface area contributed by atoms with E-state index in [4.69, 9.17) is 0 Å². The van der Waals surface area contributed by atoms with Crippen molar-refractivity contribution in [1.82, 2.24) is 9.88 Å². The summed E-state index contributed by atoms with van der Waals surface area (Å²) in [5.74, 6) is 0.798. The van der Waals surface area contributed by atoms with Gasteiger partial charge in [-0.3, -0.25) is 9.78 Å². The molecule has 2 aromatic carbocycles. The molecule has 1 aliphatic heterocycles. The average molecular weight is 388 g/mol. The second-order valence-corrected chi connectivity index (χ2v) is 7.94. The van der Waals surface area contributed by atoms with E-state index < -0.39 is 0 Å². The molecule has 0 atom stereocenters. The zero-order valence-corrected chi connectivity index (χ0v) is 16.9. The summed E-state index contributed by atoms with van der Waals surface area (Å²) in [6, 6.07) is 20.7. The van der Waals surface area contributed by atoms with E-state index >= 15 is 0 Å². The van der Waals surface area contributed by atoms with Gasteiger partial charge in [-0.05, 0) is 81.1 Å². The first-order valence-corrected chi connectivity index (χ1v) is 10.7. The summed E-state index contributed by atoms with van der Waals surface area (Å²) in [6.45, 7) is 3.42. The fraction of sp³-hybridized carbons (Fsp3) is 0.360. The van der Waals surface area contributed by atoms with E-state index in [0.29, 0.717) is 12.3 Å². The van der Waals surface area contributed by atoms with Gasteiger partial charge in [0.25, 0.3) is 0 Å². The largest absolute Gasteiger partial charge is 0.326 e. The summed E-state index contributed by atoms with van der Waals surface area (Å²) in [7, 11) is 0. The van der Waals surface area contributed by atoms with Crippen LogP contribution in [0.15, 0.2) is 66.9 Å². The third-order valence-electron chi connectivity index (χ3n) is 5.87. The van der Waals surface area contributed by atoms with E-state index in [0.717, 1.165) is 49.1 Å². The van der Waals surface area contributed by atoms with Crippen LogP contribution in [0.5, 0.6) is 0 Å². The molecule has 0 bridgehead atoms. The number of hydrogen-bond donors (Lipinski definition) is 1. The number of rotatable bonds is 7. The Bertz CT molecular complexity index is 933. The van der Waals surface area contributed by atoms with E-state index in [2.05, 4.69) is 45.5 Å². The number of likely N-dealkylation sites (tertiary alicyclic amines) is 1. The number of unbranched alkanes of at least 4 members (excludes halogenated alkanes) is 1. The normalized spacial score (nSPS) is 15.4. The maximum absolute atomic E-state index is 12.3. The molecule has 29 heavy (non-hydrogen) atoms. The van der Waals surface area contributed by atoms with Crippen LogP contribution in [0.2, 0.25) is 0 Å². The minimum Gasteiger partial charge on any atom is -0.326 e. The number of aromatic nitrogens is 1. The van der Waals surface area contributed by atoms with Crippen molar-refractivity contribution < 1.29 is 4.79 Å². The Hall–Kier alpha value is -2.72. The van der Waals surface area contributed by atoms with E-state index in [1.807, 2.05) is 30.3 Å². The lowest BCUT2D eigenvalue weighted by molar-refractivity contribution is -0.116. The van der Waals surface area contributed by atoms with Crippen LogP contribution in [-0.2, 0) is 4.79 Å². The van der Waals surface area contributed by atoms with Crippen molar-refractivity contribution in [1.29, 1.82) is 0 Å². The summed E-state index contributed by atoms with van der Waals surface area (Å²) in [5.41, 5.74) is 3.27. The summed E-state index contributed by atoms with van der Waals surface area (Å²) in [5, 5.41) is 4.06. The third-order valence-corrected chi connectivity index (χ3v) is 5.87. The first-order valence-electron chi connectivity index (χ1n) is 10.7. The lowest BCUT2D eigenvalue weighted by Crippen LogP contribution is -2.33. The fourth-order valence-electron chi connectivity index (χ4n) is 4.21. The van der Waals surface area contributed by atoms with Gasteiger partial charge >= 0.3 is 0 Å². The SMILES string of the molecule is O=C(CCCCN1CCC(c2ccccc2)CC1)Nc1ccc2ncccc2c1. The molecule has 1 saturated heterocycles. The number of hydrogen-bond acceptors (Lipinski definition) is 3. The number of nitrogens with one attached hydrogen (secondary N) is 1. The maximum Gasteiger partial charge on any atom is 0.224 e. The molecule has 3 aromatic rings. The molecule has 0 aliphatic carbocycles. The Morgan fingerprint density at radius 1 is 1.00 bits per heavy atom. The van der Waals surface area contributed by atoms with Crippen LogP contribution in [0.1, 0.15) is 43.6 Å². The summed E-state index contributed by atoms with van der Waals surface area (Å²) < 4.78 is 0. The Kier molecular flexibility index (Phi) is 6.52. The van der Waals surface area contributed by atoms with E-state index in [1.165, 1.54) is 18.4 Å². The molecule has 150 valence electrons. The smallest absolute Gasteiger partial charge is 0.224 e. The van der Waals surface area contributed by atoms with Gasteiger partial charge in [-0.2, -0.15) is 0 Å². The summed E-state index contributed by atoms with van der Waals surface area (Å²) in [6.07, 6.45) is 6.84. The highest BCUT2D eigenvalue weighted by atomic mass is 16.1. The van der Waals surface area contributed by atoms with Crippen molar-refractivity contribution >= 4 is 22.5 Å². The highest BCUT2D eigenvalue weighted by molar-refractivity contribution is 5.93. The molecule has 4 heteroatoms. The van der Waals surface area contributed by atoms with E-state index in [9.17, 15) is 4.79 Å². The van der Waals surface area contributed by atoms with Crippen molar-refractivity contribution in [3.63, 3.8) is 0 Å². The molecule has 0 spiro atoms. The van der Waals surface area contributed by atoms with Gasteiger partial charge in [0, 0.05) is 23.7 Å². The zero-order chi connectivity index (χ0) is 19.9. The molecule has 1 N–H and O–H groups in total. The third kappa shape index (κ3) is 5.42. The Morgan fingerprint density at radius 2 is 1.83 bits per heavy atom. The lowest BCUT2D eigenvalue weighted by atomic mass is 9.89. The molecule has 0 unspecified atom stereocenters. The predicted molar refractivity (Wildman–Crippen MR) is 119 cm³/mol. The predicted octanol–water partition coefficient (Wildman–Crippen LogP) is 5.22. The van der Waals surface area contributed by atoms with Crippen molar-refractivity contribution in [3.8, 4) is 0 Å². The fourth-order valence-corrected chi connectivity index (χ4v) is 4.21. The van der Waals surface area contributed by atoms with Crippen LogP contribution >= 0.6 is 0 Å². The van der Waals surface area contributed by atoms with Gasteiger partial charge < -0.3 is 10.2 Å². The number of amides is 1. The average Bonchev–Trinajstić information content (AvgIpc) is 2.78. The quantitative estimate of drug-likeness (QED) is 0.565. The Labute approximate surface area is 173 Å². The monoisotopic (exact) mass is 387 g/mol. The zero-order valence-electron chi connectivity index (χ0n) is 16.9. The second kappa shape index (κ2) is 9.66. The summed E-state index contributed by atoms with van der Waals surface area (Å²) in [4.78, 5) is 19.1. The number of carbonyl (C=O) groups excluding carboxylic acids is 1. The highest BCUT2D eigenvalue weighted by Gasteiger charge is 2.19. The standard InChI is InChI=1S/C25H29N3O/c29-25(27-23-11-12-24-22(19-23)9-6-15-26-24)10-4-5-16-28-17-13-21(14-18-28)20-7-2-1-3-8-20/h1-3,6-9,11-12,15,19,21H,4-5,10,13-14,16-18H2,(H,27,29). The number of pyridine rings is 1. The number of anilines is 1. The van der Waals surface area contributed by atoms with Crippen LogP contribution < -0.4 is 5.32 Å². The van der Waals surface area contributed by atoms with Gasteiger partial charge in [-0.25, -0.2) is 0 Å². The number of piperidine rings is 1. The van der Waals surface area contributed by atoms with Gasteiger partial charge in [0.05, 0.1) is 5.52 Å². The van der Waals surface area contributed by atoms with Gasteiger partial charge in [-0.1, -0.05) is 36.4 Å². The maximum atomic E-state index is 12.3.